The van der Waals surface area contributed by atoms with Crippen LogP contribution in [0.3, 0.4) is 0 Å². The lowest BCUT2D eigenvalue weighted by Gasteiger charge is -2.20. The number of rotatable bonds is 8. The lowest BCUT2D eigenvalue weighted by molar-refractivity contribution is -0.384. The molecule has 0 spiro atoms. The predicted octanol–water partition coefficient (Wildman–Crippen LogP) is 1.59. The summed E-state index contributed by atoms with van der Waals surface area (Å²) < 4.78 is 5.20. The number of carbonyl (C=O) groups excluding carboxylic acids is 1. The third-order valence-electron chi connectivity index (χ3n) is 3.17. The third kappa shape index (κ3) is 4.85. The summed E-state index contributed by atoms with van der Waals surface area (Å²) in [6, 6.07) is 5.87. The minimum absolute atomic E-state index is 0.00737. The Morgan fingerprint density at radius 1 is 1.38 bits per heavy atom. The molecule has 2 N–H and O–H groups in total. The molecular weight excluding hydrogens is 314 g/mol. The number of nitro groups is 1. The van der Waals surface area contributed by atoms with Crippen LogP contribution in [0.1, 0.15) is 19.7 Å². The SMILES string of the molecule is CC(C)CN(CC(N)=O)Cc1nc(-c2ccc([N+](=O)[O-])cc2)no1. The fourth-order valence-corrected chi connectivity index (χ4v) is 2.28. The maximum absolute atomic E-state index is 11.2. The Labute approximate surface area is 138 Å². The molecule has 0 aliphatic carbocycles. The van der Waals surface area contributed by atoms with E-state index >= 15 is 0 Å². The summed E-state index contributed by atoms with van der Waals surface area (Å²) in [4.78, 5) is 27.4. The maximum atomic E-state index is 11.2. The number of nitrogens with two attached hydrogens (primary N) is 1. The molecular formula is C15H19N5O4. The molecule has 0 bridgehead atoms. The number of nitrogens with zero attached hydrogens (tertiary/aromatic N) is 4. The van der Waals surface area contributed by atoms with Gasteiger partial charge in [0, 0.05) is 24.2 Å². The molecule has 9 heteroatoms. The molecule has 2 rings (SSSR count). The molecule has 0 aliphatic rings. The van der Waals surface area contributed by atoms with Crippen molar-refractivity contribution < 1.29 is 14.2 Å². The molecule has 1 heterocycles. The highest BCUT2D eigenvalue weighted by atomic mass is 16.6. The zero-order chi connectivity index (χ0) is 17.7. The average Bonchev–Trinajstić information content (AvgIpc) is 2.94. The summed E-state index contributed by atoms with van der Waals surface area (Å²) >= 11 is 0. The average molecular weight is 333 g/mol. The number of hydrogen-bond acceptors (Lipinski definition) is 7. The lowest BCUT2D eigenvalue weighted by Crippen LogP contribution is -2.35. The van der Waals surface area contributed by atoms with Gasteiger partial charge in [0.05, 0.1) is 18.0 Å². The molecule has 24 heavy (non-hydrogen) atoms. The molecule has 9 nitrogen and oxygen atoms in total. The Balaban J connectivity index is 2.10. The van der Waals surface area contributed by atoms with Gasteiger partial charge in [0.2, 0.25) is 17.6 Å². The van der Waals surface area contributed by atoms with Gasteiger partial charge in [-0.3, -0.25) is 19.8 Å². The van der Waals surface area contributed by atoms with Crippen LogP contribution in [-0.2, 0) is 11.3 Å². The van der Waals surface area contributed by atoms with Crippen LogP contribution in [0.15, 0.2) is 28.8 Å². The molecule has 0 saturated carbocycles. The van der Waals surface area contributed by atoms with Crippen LogP contribution in [0.4, 0.5) is 5.69 Å². The smallest absolute Gasteiger partial charge is 0.269 e. The fourth-order valence-electron chi connectivity index (χ4n) is 2.28. The van der Waals surface area contributed by atoms with Gasteiger partial charge in [-0.25, -0.2) is 0 Å². The summed E-state index contributed by atoms with van der Waals surface area (Å²) in [5.41, 5.74) is 5.86. The summed E-state index contributed by atoms with van der Waals surface area (Å²) in [6.07, 6.45) is 0. The zero-order valence-electron chi connectivity index (χ0n) is 13.5. The van der Waals surface area contributed by atoms with Crippen LogP contribution in [0.5, 0.6) is 0 Å². The van der Waals surface area contributed by atoms with Crippen molar-refractivity contribution in [1.82, 2.24) is 15.0 Å². The molecule has 0 radical (unpaired) electrons. The minimum Gasteiger partial charge on any atom is -0.369 e. The van der Waals surface area contributed by atoms with Crippen molar-refractivity contribution >= 4 is 11.6 Å². The van der Waals surface area contributed by atoms with Crippen LogP contribution < -0.4 is 5.73 Å². The molecule has 0 unspecified atom stereocenters. The monoisotopic (exact) mass is 333 g/mol. The molecule has 128 valence electrons. The van der Waals surface area contributed by atoms with Gasteiger partial charge >= 0.3 is 0 Å². The normalized spacial score (nSPS) is 11.2. The highest BCUT2D eigenvalue weighted by Gasteiger charge is 2.16. The number of amides is 1. The number of hydrogen-bond donors (Lipinski definition) is 1. The van der Waals surface area contributed by atoms with Crippen LogP contribution in [-0.4, -0.2) is 39.0 Å². The van der Waals surface area contributed by atoms with Gasteiger partial charge in [0.25, 0.3) is 5.69 Å². The number of non-ortho nitro benzene ring substituents is 1. The fraction of sp³-hybridized carbons (Fsp3) is 0.400. The third-order valence-corrected chi connectivity index (χ3v) is 3.17. The second-order valence-corrected chi connectivity index (χ2v) is 5.85. The van der Waals surface area contributed by atoms with Gasteiger partial charge in [-0.1, -0.05) is 19.0 Å². The first-order chi connectivity index (χ1) is 11.3. The van der Waals surface area contributed by atoms with Gasteiger partial charge in [-0.05, 0) is 18.1 Å². The van der Waals surface area contributed by atoms with Gasteiger partial charge < -0.3 is 10.3 Å². The Morgan fingerprint density at radius 3 is 2.58 bits per heavy atom. The second kappa shape index (κ2) is 7.64. The Morgan fingerprint density at radius 2 is 2.04 bits per heavy atom. The summed E-state index contributed by atoms with van der Waals surface area (Å²) in [6.45, 7) is 5.14. The number of carbonyl (C=O) groups is 1. The van der Waals surface area contributed by atoms with Gasteiger partial charge in [-0.15, -0.1) is 0 Å². The molecule has 1 aromatic carbocycles. The summed E-state index contributed by atoms with van der Waals surface area (Å²) in [5, 5.41) is 14.5. The van der Waals surface area contributed by atoms with Crippen molar-refractivity contribution in [3.8, 4) is 11.4 Å². The Hall–Kier alpha value is -2.81. The topological polar surface area (TPSA) is 128 Å². The van der Waals surface area contributed by atoms with Crippen molar-refractivity contribution in [2.75, 3.05) is 13.1 Å². The molecule has 0 saturated heterocycles. The number of nitro benzene ring substituents is 1. The van der Waals surface area contributed by atoms with Gasteiger partial charge in [-0.2, -0.15) is 4.98 Å². The molecule has 0 fully saturated rings. The molecule has 1 aromatic heterocycles. The van der Waals surface area contributed by atoms with Gasteiger partial charge in [0.15, 0.2) is 0 Å². The molecule has 1 amide bonds. The van der Waals surface area contributed by atoms with E-state index in [1.165, 1.54) is 12.1 Å². The highest BCUT2D eigenvalue weighted by Crippen LogP contribution is 2.20. The maximum Gasteiger partial charge on any atom is 0.269 e. The highest BCUT2D eigenvalue weighted by molar-refractivity contribution is 5.75. The van der Waals surface area contributed by atoms with E-state index in [2.05, 4.69) is 10.1 Å². The van der Waals surface area contributed by atoms with Crippen molar-refractivity contribution in [2.24, 2.45) is 11.7 Å². The minimum atomic E-state index is -0.473. The van der Waals surface area contributed by atoms with E-state index in [-0.39, 0.29) is 12.2 Å². The van der Waals surface area contributed by atoms with E-state index in [4.69, 9.17) is 10.3 Å². The van der Waals surface area contributed by atoms with E-state index < -0.39 is 10.8 Å². The van der Waals surface area contributed by atoms with Crippen molar-refractivity contribution in [3.05, 3.63) is 40.3 Å². The van der Waals surface area contributed by atoms with Crippen molar-refractivity contribution in [2.45, 2.75) is 20.4 Å². The second-order valence-electron chi connectivity index (χ2n) is 5.85. The van der Waals surface area contributed by atoms with Gasteiger partial charge in [0.1, 0.15) is 0 Å². The lowest BCUT2D eigenvalue weighted by atomic mass is 10.2. The van der Waals surface area contributed by atoms with Crippen LogP contribution in [0.25, 0.3) is 11.4 Å². The predicted molar refractivity (Wildman–Crippen MR) is 85.7 cm³/mol. The van der Waals surface area contributed by atoms with E-state index in [0.29, 0.717) is 36.3 Å². The van der Waals surface area contributed by atoms with Crippen LogP contribution in [0, 0.1) is 16.0 Å². The first kappa shape index (κ1) is 17.5. The Bertz CT molecular complexity index is 711. The molecule has 0 atom stereocenters. The Kier molecular flexibility index (Phi) is 5.59. The number of benzene rings is 1. The largest absolute Gasteiger partial charge is 0.369 e. The van der Waals surface area contributed by atoms with Crippen LogP contribution >= 0.6 is 0 Å². The van der Waals surface area contributed by atoms with E-state index in [9.17, 15) is 14.9 Å². The first-order valence-corrected chi connectivity index (χ1v) is 7.43. The number of aromatic nitrogens is 2. The quantitative estimate of drug-likeness (QED) is 0.573. The van der Waals surface area contributed by atoms with E-state index in [1.807, 2.05) is 18.7 Å². The summed E-state index contributed by atoms with van der Waals surface area (Å²) in [7, 11) is 0. The standard InChI is InChI=1S/C15H19N5O4/c1-10(2)7-19(8-13(16)21)9-14-17-15(18-24-14)11-3-5-12(6-4-11)20(22)23/h3-6,10H,7-9H2,1-2H3,(H2,16,21). The molecule has 0 aliphatic heterocycles. The van der Waals surface area contributed by atoms with Crippen molar-refractivity contribution in [3.63, 3.8) is 0 Å². The summed E-state index contributed by atoms with van der Waals surface area (Å²) in [5.74, 6) is 0.612. The first-order valence-electron chi connectivity index (χ1n) is 7.43. The van der Waals surface area contributed by atoms with Crippen molar-refractivity contribution in [1.29, 1.82) is 0 Å². The molecule has 2 aromatic rings. The van der Waals surface area contributed by atoms with Crippen LogP contribution in [0.2, 0.25) is 0 Å². The van der Waals surface area contributed by atoms with E-state index in [1.54, 1.807) is 12.1 Å². The zero-order valence-corrected chi connectivity index (χ0v) is 13.5. The van der Waals surface area contributed by atoms with E-state index in [0.717, 1.165) is 0 Å². The number of primary amides is 1.